The molecule has 0 unspecified atom stereocenters. The summed E-state index contributed by atoms with van der Waals surface area (Å²) in [6.07, 6.45) is 1.75. The number of nitro groups is 1. The van der Waals surface area contributed by atoms with Crippen molar-refractivity contribution in [3.63, 3.8) is 0 Å². The number of carbonyl (C=O) groups excluding carboxylic acids is 1. The molecule has 0 spiro atoms. The minimum atomic E-state index is -0.485. The largest absolute Gasteiger partial charge is 0.496 e. The van der Waals surface area contributed by atoms with Crippen LogP contribution in [0.25, 0.3) is 6.08 Å². The molecule has 7 nitrogen and oxygen atoms in total. The zero-order valence-corrected chi connectivity index (χ0v) is 16.1. The van der Waals surface area contributed by atoms with Crippen molar-refractivity contribution in [2.75, 3.05) is 12.1 Å². The Bertz CT molecular complexity index is 1170. The Hall–Kier alpha value is -4.26. The second kappa shape index (κ2) is 8.00. The maximum Gasteiger partial charge on any atom is 0.281 e. The van der Waals surface area contributed by atoms with Crippen molar-refractivity contribution in [2.24, 2.45) is 5.10 Å². The van der Waals surface area contributed by atoms with Crippen LogP contribution in [-0.2, 0) is 4.79 Å². The number of non-ortho nitro benzene ring substituents is 1. The Morgan fingerprint density at radius 1 is 0.967 bits per heavy atom. The van der Waals surface area contributed by atoms with E-state index in [1.54, 1.807) is 13.2 Å². The standard InChI is InChI=1S/C23H17N3O4/c1-30-21-10-6-5-9-17(21)15-20-22(16-7-3-2-4-8-16)24-25(23(20)27)18-11-13-19(14-12-18)26(28)29/h2-15H,1H3/b20-15+. The topological polar surface area (TPSA) is 85.0 Å². The third-order valence-corrected chi connectivity index (χ3v) is 4.67. The first-order valence-corrected chi connectivity index (χ1v) is 9.16. The minimum absolute atomic E-state index is 0.0533. The number of hydrogen-bond donors (Lipinski definition) is 0. The van der Waals surface area contributed by atoms with Crippen LogP contribution >= 0.6 is 0 Å². The van der Waals surface area contributed by atoms with Crippen LogP contribution in [0.1, 0.15) is 11.1 Å². The van der Waals surface area contributed by atoms with Crippen LogP contribution in [0.2, 0.25) is 0 Å². The molecule has 0 fully saturated rings. The number of rotatable bonds is 5. The molecule has 0 N–H and O–H groups in total. The van der Waals surface area contributed by atoms with Gasteiger partial charge in [0.05, 0.1) is 23.3 Å². The number of nitrogens with zero attached hydrogens (tertiary/aromatic N) is 3. The van der Waals surface area contributed by atoms with Gasteiger partial charge in [0, 0.05) is 23.3 Å². The highest BCUT2D eigenvalue weighted by Crippen LogP contribution is 2.30. The molecule has 3 aromatic carbocycles. The average molecular weight is 399 g/mol. The smallest absolute Gasteiger partial charge is 0.281 e. The number of methoxy groups -OCH3 is 1. The fourth-order valence-electron chi connectivity index (χ4n) is 3.19. The lowest BCUT2D eigenvalue weighted by molar-refractivity contribution is -0.384. The minimum Gasteiger partial charge on any atom is -0.496 e. The Balaban J connectivity index is 1.81. The number of para-hydroxylation sites is 1. The van der Waals surface area contributed by atoms with Gasteiger partial charge in [-0.15, -0.1) is 0 Å². The third kappa shape index (κ3) is 3.56. The molecular weight excluding hydrogens is 382 g/mol. The summed E-state index contributed by atoms with van der Waals surface area (Å²) in [5.41, 5.74) is 2.85. The van der Waals surface area contributed by atoms with Crippen molar-refractivity contribution in [3.05, 3.63) is 106 Å². The molecule has 1 aliphatic rings. The normalized spacial score (nSPS) is 14.7. The molecule has 148 valence electrons. The number of hydrazone groups is 1. The van der Waals surface area contributed by atoms with Gasteiger partial charge in [0.25, 0.3) is 11.6 Å². The Kier molecular flexibility index (Phi) is 5.09. The van der Waals surface area contributed by atoms with Crippen molar-refractivity contribution in [1.82, 2.24) is 0 Å². The summed E-state index contributed by atoms with van der Waals surface area (Å²) in [5, 5.41) is 16.7. The van der Waals surface area contributed by atoms with Gasteiger partial charge in [0.2, 0.25) is 0 Å². The lowest BCUT2D eigenvalue weighted by atomic mass is 10.00. The van der Waals surface area contributed by atoms with E-state index in [1.165, 1.54) is 29.3 Å². The summed E-state index contributed by atoms with van der Waals surface area (Å²) in [4.78, 5) is 23.7. The number of nitro benzene ring substituents is 1. The monoisotopic (exact) mass is 399 g/mol. The predicted molar refractivity (Wildman–Crippen MR) is 115 cm³/mol. The fourth-order valence-corrected chi connectivity index (χ4v) is 3.19. The number of amides is 1. The first-order chi connectivity index (χ1) is 14.6. The van der Waals surface area contributed by atoms with Gasteiger partial charge in [0.1, 0.15) is 11.5 Å². The lowest BCUT2D eigenvalue weighted by Crippen LogP contribution is -2.21. The van der Waals surface area contributed by atoms with Gasteiger partial charge in [-0.2, -0.15) is 10.1 Å². The quantitative estimate of drug-likeness (QED) is 0.361. The van der Waals surface area contributed by atoms with E-state index < -0.39 is 4.92 Å². The number of benzene rings is 3. The summed E-state index contributed by atoms with van der Waals surface area (Å²) in [6.45, 7) is 0. The number of hydrogen-bond acceptors (Lipinski definition) is 5. The van der Waals surface area contributed by atoms with Crippen LogP contribution in [0.15, 0.2) is 89.5 Å². The number of anilines is 1. The summed E-state index contributed by atoms with van der Waals surface area (Å²) in [6, 6.07) is 22.5. The Morgan fingerprint density at radius 2 is 1.63 bits per heavy atom. The highest BCUT2D eigenvalue weighted by molar-refractivity contribution is 6.37. The molecule has 0 radical (unpaired) electrons. The van der Waals surface area contributed by atoms with Crippen LogP contribution in [0, 0.1) is 10.1 Å². The average Bonchev–Trinajstić information content (AvgIpc) is 3.11. The van der Waals surface area contributed by atoms with E-state index in [-0.39, 0.29) is 11.6 Å². The summed E-state index contributed by atoms with van der Waals surface area (Å²) < 4.78 is 5.41. The molecular formula is C23H17N3O4. The fraction of sp³-hybridized carbons (Fsp3) is 0.0435. The number of ether oxygens (including phenoxy) is 1. The van der Waals surface area contributed by atoms with Crippen LogP contribution in [0.4, 0.5) is 11.4 Å². The predicted octanol–water partition coefficient (Wildman–Crippen LogP) is 4.44. The van der Waals surface area contributed by atoms with Crippen molar-refractivity contribution in [1.29, 1.82) is 0 Å². The van der Waals surface area contributed by atoms with Crippen LogP contribution < -0.4 is 9.75 Å². The van der Waals surface area contributed by atoms with E-state index in [2.05, 4.69) is 5.10 Å². The SMILES string of the molecule is COc1ccccc1/C=C1/C(=O)N(c2ccc([N+](=O)[O-])cc2)N=C1c1ccccc1. The van der Waals surface area contributed by atoms with E-state index in [1.807, 2.05) is 54.6 Å². The van der Waals surface area contributed by atoms with Gasteiger partial charge < -0.3 is 4.74 Å². The molecule has 0 atom stereocenters. The molecule has 0 aromatic heterocycles. The van der Waals surface area contributed by atoms with Gasteiger partial charge in [-0.05, 0) is 24.3 Å². The Labute approximate surface area is 172 Å². The first-order valence-electron chi connectivity index (χ1n) is 9.16. The molecule has 3 aromatic rings. The molecule has 1 amide bonds. The van der Waals surface area contributed by atoms with E-state index in [0.29, 0.717) is 22.7 Å². The molecule has 1 aliphatic heterocycles. The molecule has 1 heterocycles. The highest BCUT2D eigenvalue weighted by Gasteiger charge is 2.32. The van der Waals surface area contributed by atoms with Crippen molar-refractivity contribution in [3.8, 4) is 5.75 Å². The third-order valence-electron chi connectivity index (χ3n) is 4.67. The van der Waals surface area contributed by atoms with E-state index >= 15 is 0 Å². The van der Waals surface area contributed by atoms with Crippen molar-refractivity contribution in [2.45, 2.75) is 0 Å². The molecule has 7 heteroatoms. The lowest BCUT2D eigenvalue weighted by Gasteiger charge is -2.11. The second-order valence-electron chi connectivity index (χ2n) is 6.51. The molecule has 30 heavy (non-hydrogen) atoms. The molecule has 0 saturated heterocycles. The summed E-state index contributed by atoms with van der Waals surface area (Å²) in [5.74, 6) is 0.313. The summed E-state index contributed by atoms with van der Waals surface area (Å²) >= 11 is 0. The van der Waals surface area contributed by atoms with Gasteiger partial charge in [-0.3, -0.25) is 14.9 Å². The highest BCUT2D eigenvalue weighted by atomic mass is 16.6. The van der Waals surface area contributed by atoms with Crippen LogP contribution in [0.5, 0.6) is 5.75 Å². The van der Waals surface area contributed by atoms with Crippen LogP contribution in [0.3, 0.4) is 0 Å². The van der Waals surface area contributed by atoms with E-state index in [0.717, 1.165) is 11.1 Å². The van der Waals surface area contributed by atoms with Gasteiger partial charge >= 0.3 is 0 Å². The van der Waals surface area contributed by atoms with Gasteiger partial charge in [-0.1, -0.05) is 48.5 Å². The van der Waals surface area contributed by atoms with Crippen LogP contribution in [-0.4, -0.2) is 23.7 Å². The van der Waals surface area contributed by atoms with Gasteiger partial charge in [-0.25, -0.2) is 0 Å². The second-order valence-corrected chi connectivity index (χ2v) is 6.51. The maximum atomic E-state index is 13.3. The zero-order chi connectivity index (χ0) is 21.1. The summed E-state index contributed by atoms with van der Waals surface area (Å²) in [7, 11) is 1.57. The molecule has 0 bridgehead atoms. The Morgan fingerprint density at radius 3 is 2.30 bits per heavy atom. The molecule has 0 aliphatic carbocycles. The first kappa shape index (κ1) is 19.1. The van der Waals surface area contributed by atoms with Crippen molar-refractivity contribution >= 4 is 29.1 Å². The van der Waals surface area contributed by atoms with E-state index in [9.17, 15) is 14.9 Å². The number of carbonyl (C=O) groups is 1. The maximum absolute atomic E-state index is 13.3. The van der Waals surface area contributed by atoms with Gasteiger partial charge in [0.15, 0.2) is 0 Å². The zero-order valence-electron chi connectivity index (χ0n) is 16.1. The molecule has 4 rings (SSSR count). The molecule has 0 saturated carbocycles. The van der Waals surface area contributed by atoms with Crippen molar-refractivity contribution < 1.29 is 14.5 Å². The van der Waals surface area contributed by atoms with E-state index in [4.69, 9.17) is 4.74 Å².